The van der Waals surface area contributed by atoms with Gasteiger partial charge in [-0.1, -0.05) is 18.2 Å². The third-order valence-corrected chi connectivity index (χ3v) is 6.04. The van der Waals surface area contributed by atoms with Crippen LogP contribution in [0.4, 0.5) is 0 Å². The molecule has 1 N–H and O–H groups in total. The van der Waals surface area contributed by atoms with Gasteiger partial charge in [0.15, 0.2) is 9.84 Å². The standard InChI is InChI=1S/C15H21N3O2S/c1-15(2,21(4,19)20)14(16-3)12-10-17-18(11-12)13-8-6-5-7-9-13/h5-11,14,16H,1-4H3. The van der Waals surface area contributed by atoms with Crippen molar-refractivity contribution in [1.29, 1.82) is 0 Å². The summed E-state index contributed by atoms with van der Waals surface area (Å²) >= 11 is 0. The summed E-state index contributed by atoms with van der Waals surface area (Å²) in [5, 5.41) is 7.43. The Bertz CT molecular complexity index is 706. The van der Waals surface area contributed by atoms with Crippen LogP contribution in [0, 0.1) is 0 Å². The van der Waals surface area contributed by atoms with Gasteiger partial charge in [-0.25, -0.2) is 13.1 Å². The second-order valence-corrected chi connectivity index (χ2v) is 8.25. The number of hydrogen-bond acceptors (Lipinski definition) is 4. The number of sulfone groups is 1. The Kier molecular flexibility index (Phi) is 4.20. The maximum Gasteiger partial charge on any atom is 0.154 e. The van der Waals surface area contributed by atoms with Gasteiger partial charge in [0.25, 0.3) is 0 Å². The van der Waals surface area contributed by atoms with Crippen molar-refractivity contribution < 1.29 is 8.42 Å². The molecule has 0 radical (unpaired) electrons. The van der Waals surface area contributed by atoms with Gasteiger partial charge in [-0.05, 0) is 33.0 Å². The van der Waals surface area contributed by atoms with E-state index in [4.69, 9.17) is 0 Å². The summed E-state index contributed by atoms with van der Waals surface area (Å²) in [4.78, 5) is 0. The Labute approximate surface area is 125 Å². The molecular weight excluding hydrogens is 286 g/mol. The van der Waals surface area contributed by atoms with Crippen LogP contribution < -0.4 is 5.32 Å². The van der Waals surface area contributed by atoms with E-state index in [1.54, 1.807) is 31.8 Å². The van der Waals surface area contributed by atoms with Gasteiger partial charge >= 0.3 is 0 Å². The fourth-order valence-corrected chi connectivity index (χ4v) is 3.02. The Hall–Kier alpha value is -1.66. The lowest BCUT2D eigenvalue weighted by molar-refractivity contribution is 0.446. The molecule has 0 aliphatic heterocycles. The Balaban J connectivity index is 2.40. The molecule has 6 heteroatoms. The minimum absolute atomic E-state index is 0.329. The minimum Gasteiger partial charge on any atom is -0.312 e. The van der Waals surface area contributed by atoms with Crippen molar-refractivity contribution in [3.63, 3.8) is 0 Å². The lowest BCUT2D eigenvalue weighted by Crippen LogP contribution is -2.43. The Morgan fingerprint density at radius 3 is 2.38 bits per heavy atom. The highest BCUT2D eigenvalue weighted by molar-refractivity contribution is 7.92. The lowest BCUT2D eigenvalue weighted by Gasteiger charge is -2.31. The molecule has 0 saturated heterocycles. The summed E-state index contributed by atoms with van der Waals surface area (Å²) in [6, 6.07) is 9.39. The van der Waals surface area contributed by atoms with Gasteiger partial charge in [-0.15, -0.1) is 0 Å². The minimum atomic E-state index is -3.22. The molecule has 0 spiro atoms. The van der Waals surface area contributed by atoms with Gasteiger partial charge in [0, 0.05) is 18.0 Å². The van der Waals surface area contributed by atoms with Crippen molar-refractivity contribution in [2.24, 2.45) is 0 Å². The van der Waals surface area contributed by atoms with E-state index >= 15 is 0 Å². The number of rotatable bonds is 5. The van der Waals surface area contributed by atoms with Crippen LogP contribution in [-0.4, -0.2) is 36.2 Å². The van der Waals surface area contributed by atoms with Crippen molar-refractivity contribution in [3.8, 4) is 5.69 Å². The van der Waals surface area contributed by atoms with Crippen LogP contribution in [0.5, 0.6) is 0 Å². The first-order valence-electron chi connectivity index (χ1n) is 6.74. The molecule has 1 aromatic carbocycles. The van der Waals surface area contributed by atoms with Crippen LogP contribution in [-0.2, 0) is 9.84 Å². The first kappa shape index (κ1) is 15.7. The molecule has 0 saturated carbocycles. The van der Waals surface area contributed by atoms with Crippen molar-refractivity contribution in [2.75, 3.05) is 13.3 Å². The maximum absolute atomic E-state index is 12.0. The van der Waals surface area contributed by atoms with E-state index in [2.05, 4.69) is 10.4 Å². The second-order valence-electron chi connectivity index (χ2n) is 5.65. The van der Waals surface area contributed by atoms with Gasteiger partial charge in [-0.3, -0.25) is 0 Å². The van der Waals surface area contributed by atoms with E-state index in [9.17, 15) is 8.42 Å². The molecule has 1 atom stereocenters. The highest BCUT2D eigenvalue weighted by atomic mass is 32.2. The number of nitrogens with zero attached hydrogens (tertiary/aromatic N) is 2. The monoisotopic (exact) mass is 307 g/mol. The van der Waals surface area contributed by atoms with E-state index in [0.717, 1.165) is 11.3 Å². The van der Waals surface area contributed by atoms with Gasteiger partial charge < -0.3 is 5.32 Å². The highest BCUT2D eigenvalue weighted by Crippen LogP contribution is 2.32. The first-order chi connectivity index (χ1) is 9.77. The van der Waals surface area contributed by atoms with Crippen LogP contribution in [0.2, 0.25) is 0 Å². The number of para-hydroxylation sites is 1. The maximum atomic E-state index is 12.0. The molecule has 0 amide bonds. The fourth-order valence-electron chi connectivity index (χ4n) is 2.34. The number of benzene rings is 1. The van der Waals surface area contributed by atoms with Crippen LogP contribution >= 0.6 is 0 Å². The number of aromatic nitrogens is 2. The van der Waals surface area contributed by atoms with Crippen LogP contribution in [0.3, 0.4) is 0 Å². The molecule has 21 heavy (non-hydrogen) atoms. The summed E-state index contributed by atoms with van der Waals surface area (Å²) in [7, 11) is -1.46. The van der Waals surface area contributed by atoms with Crippen LogP contribution in [0.25, 0.3) is 5.69 Å². The summed E-state index contributed by atoms with van der Waals surface area (Å²) in [5.74, 6) is 0. The quantitative estimate of drug-likeness (QED) is 0.917. The normalized spacial score (nSPS) is 14.1. The average Bonchev–Trinajstić information content (AvgIpc) is 2.88. The topological polar surface area (TPSA) is 64.0 Å². The smallest absolute Gasteiger partial charge is 0.154 e. The van der Waals surface area contributed by atoms with Crippen molar-refractivity contribution in [3.05, 3.63) is 48.3 Å². The summed E-state index contributed by atoms with van der Waals surface area (Å²) in [5.41, 5.74) is 1.78. The molecule has 0 aliphatic rings. The van der Waals surface area contributed by atoms with E-state index in [-0.39, 0.29) is 6.04 Å². The number of hydrogen-bond donors (Lipinski definition) is 1. The molecule has 5 nitrogen and oxygen atoms in total. The fraction of sp³-hybridized carbons (Fsp3) is 0.400. The second kappa shape index (κ2) is 5.61. The van der Waals surface area contributed by atoms with Crippen LogP contribution in [0.1, 0.15) is 25.5 Å². The largest absolute Gasteiger partial charge is 0.312 e. The molecule has 0 bridgehead atoms. The van der Waals surface area contributed by atoms with E-state index in [1.165, 1.54) is 6.26 Å². The van der Waals surface area contributed by atoms with Crippen molar-refractivity contribution in [2.45, 2.75) is 24.6 Å². The third-order valence-electron chi connectivity index (χ3n) is 3.90. The first-order valence-corrected chi connectivity index (χ1v) is 8.63. The molecule has 1 heterocycles. The zero-order valence-corrected chi connectivity index (χ0v) is 13.6. The van der Waals surface area contributed by atoms with Crippen LogP contribution in [0.15, 0.2) is 42.7 Å². The summed E-state index contributed by atoms with van der Waals surface area (Å²) < 4.78 is 24.9. The SMILES string of the molecule is CNC(c1cnn(-c2ccccc2)c1)C(C)(C)S(C)(=O)=O. The zero-order valence-electron chi connectivity index (χ0n) is 12.7. The zero-order chi connectivity index (χ0) is 15.7. The summed E-state index contributed by atoms with van der Waals surface area (Å²) in [6.45, 7) is 3.45. The average molecular weight is 307 g/mol. The molecular formula is C15H21N3O2S. The van der Waals surface area contributed by atoms with Gasteiger partial charge in [0.2, 0.25) is 0 Å². The molecule has 1 unspecified atom stereocenters. The van der Waals surface area contributed by atoms with Crippen molar-refractivity contribution >= 4 is 9.84 Å². The molecule has 2 rings (SSSR count). The third kappa shape index (κ3) is 3.01. The lowest BCUT2D eigenvalue weighted by atomic mass is 9.98. The molecule has 1 aromatic heterocycles. The predicted molar refractivity (Wildman–Crippen MR) is 84.3 cm³/mol. The van der Waals surface area contributed by atoms with E-state index in [1.807, 2.05) is 36.5 Å². The Morgan fingerprint density at radius 1 is 1.24 bits per heavy atom. The predicted octanol–water partition coefficient (Wildman–Crippen LogP) is 1.96. The van der Waals surface area contributed by atoms with Gasteiger partial charge in [0.1, 0.15) is 0 Å². The molecule has 114 valence electrons. The van der Waals surface area contributed by atoms with Gasteiger partial charge in [0.05, 0.1) is 22.7 Å². The van der Waals surface area contributed by atoms with E-state index in [0.29, 0.717) is 0 Å². The molecule has 0 aliphatic carbocycles. The van der Waals surface area contributed by atoms with Crippen molar-refractivity contribution in [1.82, 2.24) is 15.1 Å². The number of nitrogens with one attached hydrogen (secondary N) is 1. The van der Waals surface area contributed by atoms with E-state index < -0.39 is 14.6 Å². The summed E-state index contributed by atoms with van der Waals surface area (Å²) in [6.07, 6.45) is 4.84. The highest BCUT2D eigenvalue weighted by Gasteiger charge is 2.39. The molecule has 2 aromatic rings. The molecule has 0 fully saturated rings. The Morgan fingerprint density at radius 2 is 1.86 bits per heavy atom. The van der Waals surface area contributed by atoms with Gasteiger partial charge in [-0.2, -0.15) is 5.10 Å².